The summed E-state index contributed by atoms with van der Waals surface area (Å²) < 4.78 is 0. The minimum absolute atomic E-state index is 0.353. The first-order valence-electron chi connectivity index (χ1n) is 6.03. The van der Waals surface area contributed by atoms with E-state index >= 15 is 0 Å². The van der Waals surface area contributed by atoms with Gasteiger partial charge in [-0.05, 0) is 27.4 Å². The number of rotatable bonds is 6. The zero-order valence-electron chi connectivity index (χ0n) is 11.3. The van der Waals surface area contributed by atoms with E-state index in [1.165, 1.54) is 0 Å². The second-order valence-electron chi connectivity index (χ2n) is 4.52. The van der Waals surface area contributed by atoms with Gasteiger partial charge in [-0.25, -0.2) is 4.98 Å². The smallest absolute Gasteiger partial charge is 0.222 e. The van der Waals surface area contributed by atoms with Crippen LogP contribution in [0.1, 0.15) is 19.0 Å². The van der Waals surface area contributed by atoms with Gasteiger partial charge in [0.15, 0.2) is 0 Å². The molecular formula is C12H23N5. The number of anilines is 2. The Balaban J connectivity index is 2.80. The molecule has 0 amide bonds. The van der Waals surface area contributed by atoms with E-state index in [0.29, 0.717) is 5.95 Å². The van der Waals surface area contributed by atoms with Crippen molar-refractivity contribution in [2.45, 2.75) is 20.3 Å². The molecule has 1 rings (SSSR count). The molecule has 1 aromatic heterocycles. The summed E-state index contributed by atoms with van der Waals surface area (Å²) in [5.74, 6) is 1.28. The minimum Gasteiger partial charge on any atom is -0.368 e. The fourth-order valence-electron chi connectivity index (χ4n) is 1.67. The topological polar surface area (TPSA) is 58.3 Å². The lowest BCUT2D eigenvalue weighted by molar-refractivity contribution is 0.412. The zero-order chi connectivity index (χ0) is 12.8. The third kappa shape index (κ3) is 4.56. The molecule has 0 aromatic carbocycles. The van der Waals surface area contributed by atoms with E-state index in [1.807, 2.05) is 13.0 Å². The van der Waals surface area contributed by atoms with E-state index < -0.39 is 0 Å². The van der Waals surface area contributed by atoms with Crippen LogP contribution in [0, 0.1) is 6.92 Å². The summed E-state index contributed by atoms with van der Waals surface area (Å²) in [6.45, 7) is 7.06. The average Bonchev–Trinajstić information content (AvgIpc) is 2.22. The van der Waals surface area contributed by atoms with Gasteiger partial charge in [0.05, 0.1) is 0 Å². The van der Waals surface area contributed by atoms with Gasteiger partial charge in [0, 0.05) is 31.4 Å². The molecule has 5 heteroatoms. The van der Waals surface area contributed by atoms with E-state index in [1.54, 1.807) is 0 Å². The Labute approximate surface area is 104 Å². The highest BCUT2D eigenvalue weighted by atomic mass is 15.2. The minimum atomic E-state index is 0.353. The lowest BCUT2D eigenvalue weighted by atomic mass is 10.3. The van der Waals surface area contributed by atoms with Crippen molar-refractivity contribution in [3.8, 4) is 0 Å². The van der Waals surface area contributed by atoms with Crippen LogP contribution in [-0.2, 0) is 0 Å². The number of nitrogens with two attached hydrogens (primary N) is 1. The molecule has 1 aromatic rings. The maximum absolute atomic E-state index is 5.69. The summed E-state index contributed by atoms with van der Waals surface area (Å²) in [7, 11) is 4.15. The van der Waals surface area contributed by atoms with Crippen LogP contribution in [0.5, 0.6) is 0 Å². The molecule has 0 fully saturated rings. The van der Waals surface area contributed by atoms with Gasteiger partial charge in [-0.15, -0.1) is 0 Å². The molecule has 0 aliphatic heterocycles. The number of nitrogen functional groups attached to an aromatic ring is 1. The first-order valence-corrected chi connectivity index (χ1v) is 6.03. The summed E-state index contributed by atoms with van der Waals surface area (Å²) in [6.07, 6.45) is 1.09. The van der Waals surface area contributed by atoms with Crippen LogP contribution in [-0.4, -0.2) is 48.6 Å². The lowest BCUT2D eigenvalue weighted by Gasteiger charge is -2.25. The second-order valence-corrected chi connectivity index (χ2v) is 4.52. The predicted octanol–water partition coefficient (Wildman–Crippen LogP) is 1.15. The van der Waals surface area contributed by atoms with Crippen LogP contribution in [0.15, 0.2) is 6.07 Å². The number of nitrogens with zero attached hydrogens (tertiary/aromatic N) is 4. The monoisotopic (exact) mass is 237 g/mol. The molecule has 17 heavy (non-hydrogen) atoms. The van der Waals surface area contributed by atoms with Gasteiger partial charge in [-0.3, -0.25) is 0 Å². The van der Waals surface area contributed by atoms with Gasteiger partial charge in [0.2, 0.25) is 5.95 Å². The summed E-state index contributed by atoms with van der Waals surface area (Å²) in [5.41, 5.74) is 6.61. The third-order valence-corrected chi connectivity index (χ3v) is 2.49. The van der Waals surface area contributed by atoms with E-state index in [4.69, 9.17) is 5.73 Å². The van der Waals surface area contributed by atoms with Crippen molar-refractivity contribution < 1.29 is 0 Å². The molecular weight excluding hydrogens is 214 g/mol. The summed E-state index contributed by atoms with van der Waals surface area (Å²) in [6, 6.07) is 1.99. The summed E-state index contributed by atoms with van der Waals surface area (Å²) in [4.78, 5) is 12.8. The van der Waals surface area contributed by atoms with Crippen molar-refractivity contribution in [1.82, 2.24) is 14.9 Å². The van der Waals surface area contributed by atoms with Crippen molar-refractivity contribution in [3.63, 3.8) is 0 Å². The van der Waals surface area contributed by atoms with E-state index in [0.717, 1.165) is 37.6 Å². The maximum Gasteiger partial charge on any atom is 0.222 e. The number of hydrogen-bond acceptors (Lipinski definition) is 5. The van der Waals surface area contributed by atoms with Gasteiger partial charge in [0.1, 0.15) is 5.82 Å². The normalized spacial score (nSPS) is 10.9. The van der Waals surface area contributed by atoms with E-state index in [-0.39, 0.29) is 0 Å². The summed E-state index contributed by atoms with van der Waals surface area (Å²) >= 11 is 0. The van der Waals surface area contributed by atoms with Crippen LogP contribution in [0.2, 0.25) is 0 Å². The molecule has 0 radical (unpaired) electrons. The van der Waals surface area contributed by atoms with Crippen LogP contribution in [0.3, 0.4) is 0 Å². The highest BCUT2D eigenvalue weighted by molar-refractivity contribution is 5.43. The van der Waals surface area contributed by atoms with Gasteiger partial charge in [-0.2, -0.15) is 4.98 Å². The first-order chi connectivity index (χ1) is 8.02. The molecule has 0 saturated carbocycles. The predicted molar refractivity (Wildman–Crippen MR) is 72.2 cm³/mol. The Bertz CT molecular complexity index is 330. The molecule has 1 heterocycles. The van der Waals surface area contributed by atoms with Crippen LogP contribution < -0.4 is 10.6 Å². The number of likely N-dealkylation sites (N-methyl/N-ethyl adjacent to an activating group) is 1. The fourth-order valence-corrected chi connectivity index (χ4v) is 1.67. The van der Waals surface area contributed by atoms with Crippen molar-refractivity contribution >= 4 is 11.8 Å². The highest BCUT2D eigenvalue weighted by Crippen LogP contribution is 2.13. The van der Waals surface area contributed by atoms with Crippen molar-refractivity contribution in [3.05, 3.63) is 11.8 Å². The van der Waals surface area contributed by atoms with Gasteiger partial charge >= 0.3 is 0 Å². The zero-order valence-corrected chi connectivity index (χ0v) is 11.3. The van der Waals surface area contributed by atoms with Gasteiger partial charge in [-0.1, -0.05) is 6.92 Å². The van der Waals surface area contributed by atoms with Crippen LogP contribution in [0.25, 0.3) is 0 Å². The van der Waals surface area contributed by atoms with Crippen molar-refractivity contribution in [2.75, 3.05) is 44.4 Å². The standard InChI is InChI=1S/C12H23N5/c1-5-6-17(8-7-16(3)4)11-9-10(2)14-12(13)15-11/h9H,5-8H2,1-4H3,(H2,13,14,15). The Morgan fingerprint density at radius 3 is 2.41 bits per heavy atom. The molecule has 2 N–H and O–H groups in total. The number of aryl methyl sites for hydroxylation is 1. The SMILES string of the molecule is CCCN(CCN(C)C)c1cc(C)nc(N)n1. The molecule has 0 unspecified atom stereocenters. The molecule has 0 atom stereocenters. The summed E-state index contributed by atoms with van der Waals surface area (Å²) in [5, 5.41) is 0. The average molecular weight is 237 g/mol. The molecule has 5 nitrogen and oxygen atoms in total. The quantitative estimate of drug-likeness (QED) is 0.804. The van der Waals surface area contributed by atoms with Crippen LogP contribution in [0.4, 0.5) is 11.8 Å². The molecule has 96 valence electrons. The largest absolute Gasteiger partial charge is 0.368 e. The highest BCUT2D eigenvalue weighted by Gasteiger charge is 2.09. The van der Waals surface area contributed by atoms with E-state index in [9.17, 15) is 0 Å². The second kappa shape index (κ2) is 6.39. The van der Waals surface area contributed by atoms with Crippen LogP contribution >= 0.6 is 0 Å². The molecule has 0 spiro atoms. The van der Waals surface area contributed by atoms with Crippen molar-refractivity contribution in [2.24, 2.45) is 0 Å². The van der Waals surface area contributed by atoms with Crippen molar-refractivity contribution in [1.29, 1.82) is 0 Å². The molecule has 0 saturated heterocycles. The fraction of sp³-hybridized carbons (Fsp3) is 0.667. The van der Waals surface area contributed by atoms with Gasteiger partial charge < -0.3 is 15.5 Å². The maximum atomic E-state index is 5.69. The Morgan fingerprint density at radius 1 is 1.18 bits per heavy atom. The third-order valence-electron chi connectivity index (χ3n) is 2.49. The molecule has 0 aliphatic carbocycles. The number of hydrogen-bond donors (Lipinski definition) is 1. The Hall–Kier alpha value is -1.36. The first kappa shape index (κ1) is 13.7. The van der Waals surface area contributed by atoms with E-state index in [2.05, 4.69) is 40.8 Å². The Morgan fingerprint density at radius 2 is 1.88 bits per heavy atom. The number of aromatic nitrogens is 2. The molecule has 0 bridgehead atoms. The molecule has 0 aliphatic rings. The van der Waals surface area contributed by atoms with Gasteiger partial charge in [0.25, 0.3) is 0 Å². The Kier molecular flexibility index (Phi) is 5.15. The lowest BCUT2D eigenvalue weighted by Crippen LogP contribution is -2.33.